The number of rotatable bonds is 5. The summed E-state index contributed by atoms with van der Waals surface area (Å²) in [5.74, 6) is 0.334. The first-order valence-corrected chi connectivity index (χ1v) is 10.1. The first kappa shape index (κ1) is 18.8. The van der Waals surface area contributed by atoms with Crippen LogP contribution in [0.3, 0.4) is 0 Å². The summed E-state index contributed by atoms with van der Waals surface area (Å²) in [5.41, 5.74) is 9.93. The third kappa shape index (κ3) is 3.83. The van der Waals surface area contributed by atoms with Crippen molar-refractivity contribution in [2.45, 2.75) is 0 Å². The molecule has 0 bridgehead atoms. The van der Waals surface area contributed by atoms with Gasteiger partial charge in [-0.3, -0.25) is 4.79 Å². The molecule has 5 rings (SSSR count). The second kappa shape index (κ2) is 8.28. The highest BCUT2D eigenvalue weighted by Crippen LogP contribution is 2.36. The molecule has 31 heavy (non-hydrogen) atoms. The predicted octanol–water partition coefficient (Wildman–Crippen LogP) is 5.28. The van der Waals surface area contributed by atoms with Crippen LogP contribution in [-0.4, -0.2) is 18.2 Å². The molecule has 0 aromatic heterocycles. The lowest BCUT2D eigenvalue weighted by Gasteiger charge is -2.07. The summed E-state index contributed by atoms with van der Waals surface area (Å²) in [6.07, 6.45) is 0. The molecule has 0 atom stereocenters. The van der Waals surface area contributed by atoms with Gasteiger partial charge in [0.05, 0.1) is 5.71 Å². The van der Waals surface area contributed by atoms with Gasteiger partial charge in [0.25, 0.3) is 5.91 Å². The maximum absolute atomic E-state index is 12.3. The fourth-order valence-electron chi connectivity index (χ4n) is 3.79. The Bertz CT molecular complexity index is 1210. The van der Waals surface area contributed by atoms with E-state index in [9.17, 15) is 4.79 Å². The molecule has 0 fully saturated rings. The Morgan fingerprint density at radius 1 is 0.645 bits per heavy atom. The van der Waals surface area contributed by atoms with Crippen molar-refractivity contribution >= 4 is 11.6 Å². The summed E-state index contributed by atoms with van der Waals surface area (Å²) in [5, 5.41) is 4.41. The molecule has 0 unspecified atom stereocenters. The zero-order chi connectivity index (χ0) is 21.0. The molecule has 0 spiro atoms. The van der Waals surface area contributed by atoms with Gasteiger partial charge in [0, 0.05) is 11.1 Å². The zero-order valence-electron chi connectivity index (χ0n) is 16.8. The molecule has 1 amide bonds. The van der Waals surface area contributed by atoms with Gasteiger partial charge in [-0.25, -0.2) is 5.43 Å². The summed E-state index contributed by atoms with van der Waals surface area (Å²) in [6.45, 7) is -0.106. The maximum Gasteiger partial charge on any atom is 0.277 e. The lowest BCUT2D eigenvalue weighted by Crippen LogP contribution is -2.26. The fraction of sp³-hybridized carbons (Fsp3) is 0.0370. The highest BCUT2D eigenvalue weighted by molar-refractivity contribution is 6.24. The monoisotopic (exact) mass is 404 g/mol. The normalized spacial score (nSPS) is 11.4. The van der Waals surface area contributed by atoms with Crippen molar-refractivity contribution in [3.63, 3.8) is 0 Å². The molecule has 4 aromatic carbocycles. The molecule has 0 saturated heterocycles. The van der Waals surface area contributed by atoms with E-state index in [2.05, 4.69) is 34.8 Å². The van der Waals surface area contributed by atoms with Crippen molar-refractivity contribution in [3.05, 3.63) is 114 Å². The quantitative estimate of drug-likeness (QED) is 0.405. The van der Waals surface area contributed by atoms with E-state index in [4.69, 9.17) is 4.74 Å². The number of benzene rings is 4. The summed E-state index contributed by atoms with van der Waals surface area (Å²) < 4.78 is 5.63. The SMILES string of the molecule is O=C(COc1ccc(-c2ccccc2)cc1)NN=C1c2ccccc2-c2ccccc21. The Morgan fingerprint density at radius 2 is 1.16 bits per heavy atom. The smallest absolute Gasteiger partial charge is 0.277 e. The number of nitrogens with zero attached hydrogens (tertiary/aromatic N) is 1. The third-order valence-electron chi connectivity index (χ3n) is 5.28. The molecule has 0 aliphatic heterocycles. The molecule has 150 valence electrons. The minimum atomic E-state index is -0.304. The van der Waals surface area contributed by atoms with E-state index >= 15 is 0 Å². The van der Waals surface area contributed by atoms with Crippen LogP contribution in [0.4, 0.5) is 0 Å². The third-order valence-corrected chi connectivity index (χ3v) is 5.28. The van der Waals surface area contributed by atoms with E-state index in [1.54, 1.807) is 0 Å². The van der Waals surface area contributed by atoms with Crippen LogP contribution in [0, 0.1) is 0 Å². The van der Waals surface area contributed by atoms with Gasteiger partial charge in [-0.2, -0.15) is 5.10 Å². The van der Waals surface area contributed by atoms with Crippen LogP contribution in [0.5, 0.6) is 5.75 Å². The van der Waals surface area contributed by atoms with Crippen LogP contribution >= 0.6 is 0 Å². The van der Waals surface area contributed by atoms with Crippen LogP contribution in [0.25, 0.3) is 22.3 Å². The lowest BCUT2D eigenvalue weighted by molar-refractivity contribution is -0.123. The molecule has 1 aliphatic rings. The van der Waals surface area contributed by atoms with Crippen molar-refractivity contribution in [3.8, 4) is 28.0 Å². The Kier molecular flexibility index (Phi) is 5.03. The second-order valence-corrected chi connectivity index (χ2v) is 7.27. The van der Waals surface area contributed by atoms with E-state index in [0.29, 0.717) is 5.75 Å². The molecular weight excluding hydrogens is 384 g/mol. The number of amides is 1. The van der Waals surface area contributed by atoms with Crippen molar-refractivity contribution in [1.82, 2.24) is 5.43 Å². The predicted molar refractivity (Wildman–Crippen MR) is 123 cm³/mol. The van der Waals surface area contributed by atoms with E-state index in [-0.39, 0.29) is 12.5 Å². The number of hydrazone groups is 1. The highest BCUT2D eigenvalue weighted by Gasteiger charge is 2.24. The number of carbonyl (C=O) groups excluding carboxylic acids is 1. The van der Waals surface area contributed by atoms with Crippen LogP contribution in [0.2, 0.25) is 0 Å². The average Bonchev–Trinajstić information content (AvgIpc) is 3.16. The first-order valence-electron chi connectivity index (χ1n) is 10.1. The molecule has 4 heteroatoms. The molecule has 0 saturated carbocycles. The molecule has 0 radical (unpaired) electrons. The number of hydrogen-bond acceptors (Lipinski definition) is 3. The zero-order valence-corrected chi connectivity index (χ0v) is 16.8. The Balaban J connectivity index is 1.25. The molecule has 4 aromatic rings. The van der Waals surface area contributed by atoms with Gasteiger partial charge < -0.3 is 4.74 Å². The maximum atomic E-state index is 12.3. The van der Waals surface area contributed by atoms with E-state index in [1.165, 1.54) is 0 Å². The molecule has 1 N–H and O–H groups in total. The highest BCUT2D eigenvalue weighted by atomic mass is 16.5. The van der Waals surface area contributed by atoms with Crippen molar-refractivity contribution in [2.24, 2.45) is 5.10 Å². The summed E-state index contributed by atoms with van der Waals surface area (Å²) in [4.78, 5) is 12.3. The Labute approximate surface area is 180 Å². The van der Waals surface area contributed by atoms with E-state index in [0.717, 1.165) is 39.1 Å². The summed E-state index contributed by atoms with van der Waals surface area (Å²) in [7, 11) is 0. The van der Waals surface area contributed by atoms with Gasteiger partial charge in [-0.1, -0.05) is 91.0 Å². The van der Waals surface area contributed by atoms with Gasteiger partial charge in [0.15, 0.2) is 6.61 Å². The molecule has 4 nitrogen and oxygen atoms in total. The standard InChI is InChI=1S/C27H20N2O2/c30-26(18-31-21-16-14-20(15-17-21)19-8-2-1-3-9-19)28-29-27-24-12-6-4-10-22(24)23-11-5-7-13-25(23)27/h1-17H,18H2,(H,28,30). The molecular formula is C27H20N2O2. The second-order valence-electron chi connectivity index (χ2n) is 7.27. The van der Waals surface area contributed by atoms with Crippen molar-refractivity contribution in [2.75, 3.05) is 6.61 Å². The van der Waals surface area contributed by atoms with Gasteiger partial charge in [0.1, 0.15) is 5.75 Å². The number of ether oxygens (including phenoxy) is 1. The van der Waals surface area contributed by atoms with Gasteiger partial charge in [-0.15, -0.1) is 0 Å². The molecule has 0 heterocycles. The van der Waals surface area contributed by atoms with Gasteiger partial charge in [0.2, 0.25) is 0 Å². The number of fused-ring (bicyclic) bond motifs is 3. The number of carbonyl (C=O) groups is 1. The van der Waals surface area contributed by atoms with Gasteiger partial charge >= 0.3 is 0 Å². The lowest BCUT2D eigenvalue weighted by atomic mass is 10.1. The Morgan fingerprint density at radius 3 is 1.77 bits per heavy atom. The van der Waals surface area contributed by atoms with Gasteiger partial charge in [-0.05, 0) is 34.4 Å². The molecule has 1 aliphatic carbocycles. The van der Waals surface area contributed by atoms with E-state index < -0.39 is 0 Å². The fourth-order valence-corrected chi connectivity index (χ4v) is 3.79. The number of nitrogens with one attached hydrogen (secondary N) is 1. The minimum Gasteiger partial charge on any atom is -0.484 e. The van der Waals surface area contributed by atoms with Crippen LogP contribution < -0.4 is 10.2 Å². The average molecular weight is 404 g/mol. The first-order chi connectivity index (χ1) is 15.3. The van der Waals surface area contributed by atoms with E-state index in [1.807, 2.05) is 78.9 Å². The minimum absolute atomic E-state index is 0.106. The summed E-state index contributed by atoms with van der Waals surface area (Å²) in [6, 6.07) is 34.0. The van der Waals surface area contributed by atoms with Crippen molar-refractivity contribution < 1.29 is 9.53 Å². The van der Waals surface area contributed by atoms with Crippen LogP contribution in [0.15, 0.2) is 108 Å². The Hall–Kier alpha value is -4.18. The summed E-state index contributed by atoms with van der Waals surface area (Å²) >= 11 is 0. The van der Waals surface area contributed by atoms with Crippen LogP contribution in [-0.2, 0) is 4.79 Å². The topological polar surface area (TPSA) is 50.7 Å². The van der Waals surface area contributed by atoms with Crippen LogP contribution in [0.1, 0.15) is 11.1 Å². The van der Waals surface area contributed by atoms with Crippen molar-refractivity contribution in [1.29, 1.82) is 0 Å². The largest absolute Gasteiger partial charge is 0.484 e. The number of hydrogen-bond donors (Lipinski definition) is 1.